The molecule has 21 heavy (non-hydrogen) atoms. The Morgan fingerprint density at radius 1 is 1.33 bits per heavy atom. The Bertz CT molecular complexity index is 636. The van der Waals surface area contributed by atoms with Gasteiger partial charge in [0, 0.05) is 11.5 Å². The first-order chi connectivity index (χ1) is 10.1. The van der Waals surface area contributed by atoms with Gasteiger partial charge in [-0.25, -0.2) is 13.9 Å². The third-order valence-corrected chi connectivity index (χ3v) is 3.63. The van der Waals surface area contributed by atoms with Gasteiger partial charge in [-0.05, 0) is 18.9 Å². The Kier molecular flexibility index (Phi) is 4.67. The van der Waals surface area contributed by atoms with Crippen molar-refractivity contribution in [3.05, 3.63) is 47.0 Å². The minimum atomic E-state index is -1.10. The lowest BCUT2D eigenvalue weighted by atomic mass is 9.97. The Labute approximate surface area is 122 Å². The van der Waals surface area contributed by atoms with Crippen molar-refractivity contribution >= 4 is 5.97 Å². The summed E-state index contributed by atoms with van der Waals surface area (Å²) < 4.78 is 15.3. The van der Waals surface area contributed by atoms with Gasteiger partial charge in [0.25, 0.3) is 0 Å². The lowest BCUT2D eigenvalue weighted by Gasteiger charge is -2.15. The van der Waals surface area contributed by atoms with Crippen molar-refractivity contribution in [3.63, 3.8) is 0 Å². The molecule has 1 N–H and O–H groups in total. The van der Waals surface area contributed by atoms with E-state index in [-0.39, 0.29) is 24.0 Å². The van der Waals surface area contributed by atoms with Gasteiger partial charge in [-0.1, -0.05) is 37.3 Å². The number of hydrogen-bond donors (Lipinski definition) is 1. The van der Waals surface area contributed by atoms with E-state index in [9.17, 15) is 14.3 Å². The number of hydrogen-bond acceptors (Lipinski definition) is 3. The molecule has 0 saturated carbocycles. The van der Waals surface area contributed by atoms with E-state index in [4.69, 9.17) is 0 Å². The second-order valence-corrected chi connectivity index (χ2v) is 4.89. The topological polar surface area (TPSA) is 68.0 Å². The highest BCUT2D eigenvalue weighted by atomic mass is 19.1. The summed E-state index contributed by atoms with van der Waals surface area (Å²) in [5.74, 6) is -1.39. The molecule has 2 aromatic rings. The molecule has 2 rings (SSSR count). The number of carboxylic acid groups (broad SMARTS) is 1. The number of rotatable bonds is 6. The Morgan fingerprint density at radius 3 is 2.57 bits per heavy atom. The van der Waals surface area contributed by atoms with Gasteiger partial charge in [0.15, 0.2) is 5.69 Å². The molecular formula is C15H18FN3O2. The van der Waals surface area contributed by atoms with E-state index >= 15 is 0 Å². The van der Waals surface area contributed by atoms with Crippen LogP contribution < -0.4 is 0 Å². The first kappa shape index (κ1) is 15.2. The van der Waals surface area contributed by atoms with E-state index in [2.05, 4.69) is 10.3 Å². The summed E-state index contributed by atoms with van der Waals surface area (Å²) in [4.78, 5) is 11.3. The van der Waals surface area contributed by atoms with E-state index in [1.807, 2.05) is 13.8 Å². The molecule has 1 aromatic heterocycles. The van der Waals surface area contributed by atoms with E-state index in [1.165, 1.54) is 10.7 Å². The molecule has 112 valence electrons. The molecular weight excluding hydrogens is 273 g/mol. The predicted octanol–water partition coefficient (Wildman–Crippen LogP) is 3.07. The average Bonchev–Trinajstić information content (AvgIpc) is 2.87. The number of carboxylic acids is 1. The van der Waals surface area contributed by atoms with Gasteiger partial charge in [-0.2, -0.15) is 0 Å². The van der Waals surface area contributed by atoms with Gasteiger partial charge in [-0.15, -0.1) is 5.10 Å². The standard InChI is InChI=1S/C15H18FN3O2/c1-3-10(4-2)14-13(15(20)21)17-18-19(14)9-11-7-5-6-8-12(11)16/h5-8,10H,3-4,9H2,1-2H3,(H,20,21). The fourth-order valence-corrected chi connectivity index (χ4v) is 2.46. The number of aromatic carboxylic acids is 1. The third-order valence-electron chi connectivity index (χ3n) is 3.63. The van der Waals surface area contributed by atoms with Crippen LogP contribution in [0.5, 0.6) is 0 Å². The molecule has 0 aliphatic rings. The smallest absolute Gasteiger partial charge is 0.358 e. The van der Waals surface area contributed by atoms with Crippen molar-refractivity contribution in [1.29, 1.82) is 0 Å². The van der Waals surface area contributed by atoms with Crippen LogP contribution in [-0.2, 0) is 6.54 Å². The van der Waals surface area contributed by atoms with Crippen molar-refractivity contribution in [2.24, 2.45) is 0 Å². The van der Waals surface area contributed by atoms with Gasteiger partial charge in [0.1, 0.15) is 5.82 Å². The van der Waals surface area contributed by atoms with E-state index in [0.717, 1.165) is 12.8 Å². The van der Waals surface area contributed by atoms with Crippen LogP contribution in [-0.4, -0.2) is 26.1 Å². The van der Waals surface area contributed by atoms with Crippen LogP contribution in [0.2, 0.25) is 0 Å². The quantitative estimate of drug-likeness (QED) is 0.888. The van der Waals surface area contributed by atoms with Crippen LogP contribution in [0.3, 0.4) is 0 Å². The highest BCUT2D eigenvalue weighted by Crippen LogP contribution is 2.26. The molecule has 0 amide bonds. The number of carbonyl (C=O) groups is 1. The summed E-state index contributed by atoms with van der Waals surface area (Å²) >= 11 is 0. The first-order valence-corrected chi connectivity index (χ1v) is 6.98. The number of benzene rings is 1. The Morgan fingerprint density at radius 2 is 2.00 bits per heavy atom. The zero-order chi connectivity index (χ0) is 15.4. The minimum Gasteiger partial charge on any atom is -0.476 e. The molecule has 1 aromatic carbocycles. The lowest BCUT2D eigenvalue weighted by Crippen LogP contribution is -2.14. The predicted molar refractivity (Wildman–Crippen MR) is 75.8 cm³/mol. The molecule has 0 unspecified atom stereocenters. The summed E-state index contributed by atoms with van der Waals surface area (Å²) in [6.45, 7) is 4.15. The number of aromatic nitrogens is 3. The van der Waals surface area contributed by atoms with Crippen LogP contribution >= 0.6 is 0 Å². The van der Waals surface area contributed by atoms with Crippen molar-refractivity contribution in [1.82, 2.24) is 15.0 Å². The van der Waals surface area contributed by atoms with Crippen LogP contribution in [0, 0.1) is 5.82 Å². The molecule has 0 atom stereocenters. The highest BCUT2D eigenvalue weighted by molar-refractivity contribution is 5.86. The van der Waals surface area contributed by atoms with Gasteiger partial charge >= 0.3 is 5.97 Å². The van der Waals surface area contributed by atoms with Gasteiger partial charge in [0.2, 0.25) is 0 Å². The molecule has 5 nitrogen and oxygen atoms in total. The summed E-state index contributed by atoms with van der Waals surface area (Å²) in [7, 11) is 0. The molecule has 0 aliphatic heterocycles. The van der Waals surface area contributed by atoms with E-state index in [1.54, 1.807) is 18.2 Å². The molecule has 0 radical (unpaired) electrons. The van der Waals surface area contributed by atoms with Crippen LogP contribution in [0.1, 0.15) is 54.4 Å². The van der Waals surface area contributed by atoms with E-state index < -0.39 is 5.97 Å². The fraction of sp³-hybridized carbons (Fsp3) is 0.400. The molecule has 0 bridgehead atoms. The molecule has 0 spiro atoms. The van der Waals surface area contributed by atoms with Gasteiger partial charge in [0.05, 0.1) is 12.2 Å². The summed E-state index contributed by atoms with van der Waals surface area (Å²) in [5.41, 5.74) is 0.988. The van der Waals surface area contributed by atoms with Crippen LogP contribution in [0.25, 0.3) is 0 Å². The summed E-state index contributed by atoms with van der Waals surface area (Å²) in [5, 5.41) is 16.9. The normalized spacial score (nSPS) is 11.0. The molecule has 0 fully saturated rings. The maximum absolute atomic E-state index is 13.8. The molecule has 0 saturated heterocycles. The largest absolute Gasteiger partial charge is 0.476 e. The number of nitrogens with zero attached hydrogens (tertiary/aromatic N) is 3. The zero-order valence-electron chi connectivity index (χ0n) is 12.1. The van der Waals surface area contributed by atoms with Crippen LogP contribution in [0.15, 0.2) is 24.3 Å². The van der Waals surface area contributed by atoms with Crippen molar-refractivity contribution in [2.45, 2.75) is 39.2 Å². The maximum Gasteiger partial charge on any atom is 0.358 e. The maximum atomic E-state index is 13.8. The average molecular weight is 291 g/mol. The minimum absolute atomic E-state index is 0.0397. The first-order valence-electron chi connectivity index (χ1n) is 6.98. The van der Waals surface area contributed by atoms with Crippen molar-refractivity contribution < 1.29 is 14.3 Å². The van der Waals surface area contributed by atoms with Gasteiger partial charge < -0.3 is 5.11 Å². The number of halogens is 1. The third kappa shape index (κ3) is 3.09. The second-order valence-electron chi connectivity index (χ2n) is 4.89. The summed E-state index contributed by atoms with van der Waals surface area (Å²) in [6, 6.07) is 6.39. The fourth-order valence-electron chi connectivity index (χ4n) is 2.46. The Hall–Kier alpha value is -2.24. The van der Waals surface area contributed by atoms with Crippen molar-refractivity contribution in [2.75, 3.05) is 0 Å². The van der Waals surface area contributed by atoms with E-state index in [0.29, 0.717) is 11.3 Å². The van der Waals surface area contributed by atoms with Gasteiger partial charge in [-0.3, -0.25) is 0 Å². The monoisotopic (exact) mass is 291 g/mol. The molecule has 1 heterocycles. The highest BCUT2D eigenvalue weighted by Gasteiger charge is 2.24. The van der Waals surface area contributed by atoms with Crippen molar-refractivity contribution in [3.8, 4) is 0 Å². The zero-order valence-corrected chi connectivity index (χ0v) is 12.1. The lowest BCUT2D eigenvalue weighted by molar-refractivity contribution is 0.0688. The Balaban J connectivity index is 2.44. The van der Waals surface area contributed by atoms with Crippen LogP contribution in [0.4, 0.5) is 4.39 Å². The second kappa shape index (κ2) is 6.47. The SMILES string of the molecule is CCC(CC)c1c(C(=O)O)nnn1Cc1ccccc1F. The summed E-state index contributed by atoms with van der Waals surface area (Å²) in [6.07, 6.45) is 1.56. The molecule has 6 heteroatoms. The molecule has 0 aliphatic carbocycles.